The first-order valence-corrected chi connectivity index (χ1v) is 8.49. The van der Waals surface area contributed by atoms with Gasteiger partial charge in [-0.3, -0.25) is 14.8 Å². The highest BCUT2D eigenvalue weighted by Crippen LogP contribution is 2.20. The van der Waals surface area contributed by atoms with Crippen LogP contribution in [-0.4, -0.2) is 39.2 Å². The Morgan fingerprint density at radius 3 is 2.96 bits per heavy atom. The van der Waals surface area contributed by atoms with Crippen LogP contribution in [0, 0.1) is 0 Å². The van der Waals surface area contributed by atoms with E-state index in [1.807, 2.05) is 13.0 Å². The van der Waals surface area contributed by atoms with Crippen LogP contribution in [0.5, 0.6) is 0 Å². The first kappa shape index (κ1) is 17.1. The number of hydrogen-bond acceptors (Lipinski definition) is 4. The minimum absolute atomic E-state index is 0.164. The summed E-state index contributed by atoms with van der Waals surface area (Å²) < 4.78 is 6.85. The molecule has 2 N–H and O–H groups in total. The smallest absolute Gasteiger partial charge is 0.323 e. The first-order chi connectivity index (χ1) is 12.1. The van der Waals surface area contributed by atoms with E-state index in [4.69, 9.17) is 4.42 Å². The zero-order valence-corrected chi connectivity index (χ0v) is 14.5. The molecule has 1 aliphatic rings. The summed E-state index contributed by atoms with van der Waals surface area (Å²) in [4.78, 5) is 26.6. The first-order valence-electron chi connectivity index (χ1n) is 8.49. The molecule has 3 amide bonds. The number of anilines is 1. The summed E-state index contributed by atoms with van der Waals surface area (Å²) in [5, 5.41) is 9.99. The van der Waals surface area contributed by atoms with Crippen molar-refractivity contribution in [1.82, 2.24) is 20.0 Å². The number of rotatable bonds is 5. The Morgan fingerprint density at radius 1 is 1.44 bits per heavy atom. The van der Waals surface area contributed by atoms with Gasteiger partial charge in [-0.2, -0.15) is 5.10 Å². The highest BCUT2D eigenvalue weighted by Gasteiger charge is 2.34. The Bertz CT molecular complexity index is 738. The Balaban J connectivity index is 1.60. The van der Waals surface area contributed by atoms with Crippen molar-refractivity contribution in [2.24, 2.45) is 7.05 Å². The molecule has 3 heterocycles. The van der Waals surface area contributed by atoms with E-state index >= 15 is 0 Å². The maximum absolute atomic E-state index is 12.6. The van der Waals surface area contributed by atoms with Crippen molar-refractivity contribution in [3.05, 3.63) is 35.9 Å². The van der Waals surface area contributed by atoms with Crippen molar-refractivity contribution in [3.63, 3.8) is 0 Å². The van der Waals surface area contributed by atoms with Gasteiger partial charge in [0.15, 0.2) is 0 Å². The molecule has 25 heavy (non-hydrogen) atoms. The predicted molar refractivity (Wildman–Crippen MR) is 91.9 cm³/mol. The predicted octanol–water partition coefficient (Wildman–Crippen LogP) is 1.89. The van der Waals surface area contributed by atoms with Gasteiger partial charge in [0.25, 0.3) is 0 Å². The van der Waals surface area contributed by atoms with Gasteiger partial charge in [0.05, 0.1) is 18.5 Å². The van der Waals surface area contributed by atoms with Crippen LogP contribution in [0.2, 0.25) is 0 Å². The Labute approximate surface area is 146 Å². The highest BCUT2D eigenvalue weighted by atomic mass is 16.3. The van der Waals surface area contributed by atoms with E-state index in [9.17, 15) is 9.59 Å². The molecule has 8 nitrogen and oxygen atoms in total. The van der Waals surface area contributed by atoms with Crippen LogP contribution in [0.25, 0.3) is 0 Å². The summed E-state index contributed by atoms with van der Waals surface area (Å²) in [6, 6.07) is 4.68. The van der Waals surface area contributed by atoms with Crippen LogP contribution >= 0.6 is 0 Å². The Morgan fingerprint density at radius 2 is 2.28 bits per heavy atom. The molecule has 0 radical (unpaired) electrons. The zero-order chi connectivity index (χ0) is 17.8. The molecule has 0 bridgehead atoms. The fourth-order valence-electron chi connectivity index (χ4n) is 2.99. The second-order valence-electron chi connectivity index (χ2n) is 6.08. The molecular formula is C17H23N5O3. The SMILES string of the molecule is CCc1cc(NC(=O)N2CCCC2C(=O)NCc2ccco2)n(C)n1. The van der Waals surface area contributed by atoms with E-state index in [1.54, 1.807) is 35.0 Å². The molecule has 2 aromatic rings. The molecule has 1 fully saturated rings. The molecule has 1 unspecified atom stereocenters. The number of aryl methyl sites for hydroxylation is 2. The fourth-order valence-corrected chi connectivity index (χ4v) is 2.99. The molecule has 0 aliphatic carbocycles. The molecule has 1 atom stereocenters. The number of aromatic nitrogens is 2. The summed E-state index contributed by atoms with van der Waals surface area (Å²) in [6.07, 6.45) is 3.82. The number of urea groups is 1. The summed E-state index contributed by atoms with van der Waals surface area (Å²) >= 11 is 0. The molecule has 0 saturated carbocycles. The highest BCUT2D eigenvalue weighted by molar-refractivity contribution is 5.93. The lowest BCUT2D eigenvalue weighted by molar-refractivity contribution is -0.124. The van der Waals surface area contributed by atoms with Gasteiger partial charge in [-0.15, -0.1) is 0 Å². The van der Waals surface area contributed by atoms with Crippen LogP contribution < -0.4 is 10.6 Å². The van der Waals surface area contributed by atoms with Gasteiger partial charge in [0, 0.05) is 19.7 Å². The molecule has 8 heteroatoms. The monoisotopic (exact) mass is 345 g/mol. The minimum Gasteiger partial charge on any atom is -0.467 e. The zero-order valence-electron chi connectivity index (χ0n) is 14.5. The van der Waals surface area contributed by atoms with Crippen LogP contribution in [0.4, 0.5) is 10.6 Å². The van der Waals surface area contributed by atoms with Crippen molar-refractivity contribution < 1.29 is 14.0 Å². The van der Waals surface area contributed by atoms with Gasteiger partial charge in [0.1, 0.15) is 17.6 Å². The molecule has 0 spiro atoms. The van der Waals surface area contributed by atoms with Gasteiger partial charge >= 0.3 is 6.03 Å². The number of carbonyl (C=O) groups is 2. The second-order valence-corrected chi connectivity index (χ2v) is 6.08. The number of likely N-dealkylation sites (tertiary alicyclic amines) is 1. The summed E-state index contributed by atoms with van der Waals surface area (Å²) in [5.74, 6) is 1.15. The van der Waals surface area contributed by atoms with Crippen molar-refractivity contribution in [2.45, 2.75) is 38.8 Å². The number of furan rings is 1. The molecule has 0 aromatic carbocycles. The number of hydrogen-bond donors (Lipinski definition) is 2. The number of nitrogens with one attached hydrogen (secondary N) is 2. The van der Waals surface area contributed by atoms with Gasteiger partial charge in [-0.1, -0.05) is 6.92 Å². The van der Waals surface area contributed by atoms with E-state index in [1.165, 1.54) is 0 Å². The average Bonchev–Trinajstić information content (AvgIpc) is 3.34. The maximum Gasteiger partial charge on any atom is 0.323 e. The minimum atomic E-state index is -0.464. The van der Waals surface area contributed by atoms with E-state index in [0.717, 1.165) is 18.5 Å². The summed E-state index contributed by atoms with van der Waals surface area (Å²) in [5.41, 5.74) is 0.909. The van der Waals surface area contributed by atoms with Gasteiger partial charge in [-0.05, 0) is 31.4 Å². The second kappa shape index (κ2) is 7.42. The molecular weight excluding hydrogens is 322 g/mol. The fraction of sp³-hybridized carbons (Fsp3) is 0.471. The van der Waals surface area contributed by atoms with Crippen molar-refractivity contribution in [2.75, 3.05) is 11.9 Å². The van der Waals surface area contributed by atoms with E-state index in [0.29, 0.717) is 31.1 Å². The van der Waals surface area contributed by atoms with Gasteiger partial charge in [0.2, 0.25) is 5.91 Å². The van der Waals surface area contributed by atoms with Gasteiger partial charge < -0.3 is 14.6 Å². The van der Waals surface area contributed by atoms with Crippen molar-refractivity contribution in [1.29, 1.82) is 0 Å². The number of amides is 3. The normalized spacial score (nSPS) is 16.9. The average molecular weight is 345 g/mol. The lowest BCUT2D eigenvalue weighted by Gasteiger charge is -2.24. The van der Waals surface area contributed by atoms with E-state index in [-0.39, 0.29) is 11.9 Å². The third-order valence-corrected chi connectivity index (χ3v) is 4.36. The van der Waals surface area contributed by atoms with Gasteiger partial charge in [-0.25, -0.2) is 4.79 Å². The molecule has 1 aliphatic heterocycles. The quantitative estimate of drug-likeness (QED) is 0.865. The number of nitrogens with zero attached hydrogens (tertiary/aromatic N) is 3. The topological polar surface area (TPSA) is 92.4 Å². The van der Waals surface area contributed by atoms with Crippen LogP contribution in [0.1, 0.15) is 31.2 Å². The Hall–Kier alpha value is -2.77. The lowest BCUT2D eigenvalue weighted by Crippen LogP contribution is -2.47. The molecule has 2 aromatic heterocycles. The van der Waals surface area contributed by atoms with Crippen molar-refractivity contribution in [3.8, 4) is 0 Å². The summed E-state index contributed by atoms with van der Waals surface area (Å²) in [7, 11) is 1.78. The molecule has 1 saturated heterocycles. The maximum atomic E-state index is 12.6. The third kappa shape index (κ3) is 3.84. The van der Waals surface area contributed by atoms with Crippen LogP contribution in [-0.2, 0) is 24.8 Å². The molecule has 134 valence electrons. The third-order valence-electron chi connectivity index (χ3n) is 4.36. The molecule has 3 rings (SSSR count). The largest absolute Gasteiger partial charge is 0.467 e. The Kier molecular flexibility index (Phi) is 5.06. The standard InChI is InChI=1S/C17H23N5O3/c1-3-12-10-15(21(2)20-12)19-17(24)22-8-4-7-14(22)16(23)18-11-13-6-5-9-25-13/h5-6,9-10,14H,3-4,7-8,11H2,1-2H3,(H,18,23)(H,19,24). The van der Waals surface area contributed by atoms with E-state index < -0.39 is 6.04 Å². The summed E-state index contributed by atoms with van der Waals surface area (Å²) in [6.45, 7) is 2.89. The van der Waals surface area contributed by atoms with Crippen molar-refractivity contribution >= 4 is 17.8 Å². The van der Waals surface area contributed by atoms with E-state index in [2.05, 4.69) is 15.7 Å². The van der Waals surface area contributed by atoms with Crippen LogP contribution in [0.15, 0.2) is 28.9 Å². The lowest BCUT2D eigenvalue weighted by atomic mass is 10.2. The number of carbonyl (C=O) groups excluding carboxylic acids is 2. The van der Waals surface area contributed by atoms with Crippen LogP contribution in [0.3, 0.4) is 0 Å².